The summed E-state index contributed by atoms with van der Waals surface area (Å²) in [6, 6.07) is 13.7. The van der Waals surface area contributed by atoms with Crippen LogP contribution in [0.2, 0.25) is 5.02 Å². The van der Waals surface area contributed by atoms with Gasteiger partial charge >= 0.3 is 0 Å². The maximum Gasteiger partial charge on any atom is 0.297 e. The van der Waals surface area contributed by atoms with Crippen LogP contribution in [-0.4, -0.2) is 63.5 Å². The molecule has 42 heavy (non-hydrogen) atoms. The minimum Gasteiger partial charge on any atom is -0.483 e. The van der Waals surface area contributed by atoms with Crippen LogP contribution in [0.5, 0.6) is 6.01 Å². The summed E-state index contributed by atoms with van der Waals surface area (Å²) in [5, 5.41) is 8.18. The minimum absolute atomic E-state index is 0.170. The molecule has 0 spiro atoms. The van der Waals surface area contributed by atoms with Crippen LogP contribution in [0, 0.1) is 5.92 Å². The Bertz CT molecular complexity index is 1740. The summed E-state index contributed by atoms with van der Waals surface area (Å²) in [5.74, 6) is 0.126. The quantitative estimate of drug-likeness (QED) is 0.233. The van der Waals surface area contributed by atoms with Gasteiger partial charge in [-0.1, -0.05) is 30.7 Å². The topological polar surface area (TPSA) is 116 Å². The Morgan fingerprint density at radius 1 is 1.17 bits per heavy atom. The van der Waals surface area contributed by atoms with E-state index in [0.29, 0.717) is 71.6 Å². The van der Waals surface area contributed by atoms with Gasteiger partial charge in [-0.05, 0) is 36.8 Å². The van der Waals surface area contributed by atoms with Gasteiger partial charge in [0.2, 0.25) is 0 Å². The molecule has 0 bridgehead atoms. The van der Waals surface area contributed by atoms with Crippen molar-refractivity contribution >= 4 is 57.0 Å². The predicted octanol–water partition coefficient (Wildman–Crippen LogP) is 6.27. The van der Waals surface area contributed by atoms with Crippen LogP contribution in [0.3, 0.4) is 0 Å². The molecule has 3 aromatic heterocycles. The average Bonchev–Trinajstić information content (AvgIpc) is 3.68. The van der Waals surface area contributed by atoms with Crippen molar-refractivity contribution in [2.24, 2.45) is 5.92 Å². The SMILES string of the molecule is C[C@H]1COCCC1n1c(O[C@H]2CCN(c3nc(C(F)F)nc4c3oc3ccccc34)C2)nc2cc(Cl)ccc21.O=CO. The Hall–Kier alpha value is -4.03. The number of aromatic nitrogens is 4. The van der Waals surface area contributed by atoms with E-state index < -0.39 is 12.2 Å². The third-order valence-electron chi connectivity index (χ3n) is 7.68. The number of anilines is 1. The van der Waals surface area contributed by atoms with E-state index in [-0.39, 0.29) is 24.5 Å². The van der Waals surface area contributed by atoms with Gasteiger partial charge < -0.3 is 23.9 Å². The molecule has 0 radical (unpaired) electrons. The van der Waals surface area contributed by atoms with Crippen molar-refractivity contribution in [2.75, 3.05) is 31.2 Å². The van der Waals surface area contributed by atoms with Crippen LogP contribution in [-0.2, 0) is 9.53 Å². The van der Waals surface area contributed by atoms with Crippen molar-refractivity contribution in [3.63, 3.8) is 0 Å². The van der Waals surface area contributed by atoms with Crippen molar-refractivity contribution in [2.45, 2.75) is 38.3 Å². The van der Waals surface area contributed by atoms with Crippen LogP contribution in [0.25, 0.3) is 33.1 Å². The Morgan fingerprint density at radius 3 is 2.76 bits per heavy atom. The molecule has 220 valence electrons. The van der Waals surface area contributed by atoms with E-state index in [1.807, 2.05) is 41.3 Å². The largest absolute Gasteiger partial charge is 0.483 e. The number of rotatable bonds is 5. The number of hydrogen-bond donors (Lipinski definition) is 1. The van der Waals surface area contributed by atoms with Crippen molar-refractivity contribution < 1.29 is 32.6 Å². The van der Waals surface area contributed by atoms with Crippen LogP contribution < -0.4 is 9.64 Å². The highest BCUT2D eigenvalue weighted by Gasteiger charge is 2.33. The molecule has 2 aliphatic rings. The maximum atomic E-state index is 13.8. The van der Waals surface area contributed by atoms with E-state index in [1.165, 1.54) is 0 Å². The zero-order valence-corrected chi connectivity index (χ0v) is 23.4. The van der Waals surface area contributed by atoms with Gasteiger partial charge in [-0.3, -0.25) is 9.36 Å². The molecule has 10 nitrogen and oxygen atoms in total. The fourth-order valence-electron chi connectivity index (χ4n) is 5.78. The van der Waals surface area contributed by atoms with Crippen molar-refractivity contribution in [3.8, 4) is 6.01 Å². The second-order valence-electron chi connectivity index (χ2n) is 10.4. The third kappa shape index (κ3) is 5.20. The van der Waals surface area contributed by atoms with Crippen LogP contribution >= 0.6 is 11.6 Å². The normalized spacial score (nSPS) is 20.8. The van der Waals surface area contributed by atoms with Crippen LogP contribution in [0.15, 0.2) is 46.9 Å². The number of carbonyl (C=O) groups is 1. The number of imidazole rings is 1. The summed E-state index contributed by atoms with van der Waals surface area (Å²) in [4.78, 5) is 23.5. The van der Waals surface area contributed by atoms with Gasteiger partial charge in [0.15, 0.2) is 17.2 Å². The molecule has 3 atom stereocenters. The Kier molecular flexibility index (Phi) is 7.82. The summed E-state index contributed by atoms with van der Waals surface area (Å²) in [7, 11) is 0. The van der Waals surface area contributed by atoms with E-state index in [2.05, 4.69) is 21.5 Å². The van der Waals surface area contributed by atoms with Gasteiger partial charge in [-0.2, -0.15) is 4.98 Å². The van der Waals surface area contributed by atoms with Gasteiger partial charge in [0.25, 0.3) is 18.9 Å². The summed E-state index contributed by atoms with van der Waals surface area (Å²) in [6.45, 7) is 4.27. The number of nitrogens with zero attached hydrogens (tertiary/aromatic N) is 5. The molecule has 0 saturated carbocycles. The molecule has 2 fully saturated rings. The molecule has 1 N–H and O–H groups in total. The smallest absolute Gasteiger partial charge is 0.297 e. The van der Waals surface area contributed by atoms with Crippen molar-refractivity contribution in [1.82, 2.24) is 19.5 Å². The maximum absolute atomic E-state index is 13.8. The first kappa shape index (κ1) is 28.1. The second kappa shape index (κ2) is 11.7. The molecule has 1 unspecified atom stereocenters. The molecule has 7 rings (SSSR count). The zero-order valence-electron chi connectivity index (χ0n) is 22.6. The van der Waals surface area contributed by atoms with Gasteiger partial charge in [0, 0.05) is 41.9 Å². The lowest BCUT2D eigenvalue weighted by Gasteiger charge is -2.31. The Labute approximate surface area is 243 Å². The lowest BCUT2D eigenvalue weighted by molar-refractivity contribution is -0.122. The van der Waals surface area contributed by atoms with Gasteiger partial charge in [-0.15, -0.1) is 0 Å². The second-order valence-corrected chi connectivity index (χ2v) is 10.8. The molecule has 0 amide bonds. The summed E-state index contributed by atoms with van der Waals surface area (Å²) in [6.07, 6.45) is -1.51. The van der Waals surface area contributed by atoms with E-state index in [9.17, 15) is 8.78 Å². The standard InChI is InChI=1S/C28H26ClF2N5O3.CH2O2/c1-15-14-37-11-9-20(15)36-21-7-6-16(29)12-19(21)32-28(36)38-17-8-10-35(13-17)27-24-23(33-26(34-27)25(30)31)18-4-2-3-5-22(18)39-24;2-1-3/h2-7,12,15,17,20,25H,8-11,13-14H2,1H3;1H,(H,2,3)/t15-,17-,20?;/m0./s1. The van der Waals surface area contributed by atoms with Crippen LogP contribution in [0.4, 0.5) is 14.6 Å². The van der Waals surface area contributed by atoms with Crippen molar-refractivity contribution in [3.05, 3.63) is 53.3 Å². The highest BCUT2D eigenvalue weighted by Crippen LogP contribution is 2.38. The predicted molar refractivity (Wildman–Crippen MR) is 153 cm³/mol. The molecule has 5 aromatic rings. The summed E-state index contributed by atoms with van der Waals surface area (Å²) in [5.41, 5.74) is 3.11. The van der Waals surface area contributed by atoms with Gasteiger partial charge in [0.1, 0.15) is 17.2 Å². The number of benzene rings is 2. The van der Waals surface area contributed by atoms with Gasteiger partial charge in [0.05, 0.1) is 24.2 Å². The third-order valence-corrected chi connectivity index (χ3v) is 7.91. The highest BCUT2D eigenvalue weighted by atomic mass is 35.5. The molecular weight excluding hydrogens is 572 g/mol. The first-order valence-corrected chi connectivity index (χ1v) is 14.0. The minimum atomic E-state index is -2.80. The molecular formula is C29H28ClF2N5O5. The number of ether oxygens (including phenoxy) is 2. The number of furan rings is 1. The summed E-state index contributed by atoms with van der Waals surface area (Å²) < 4.78 is 48.0. The number of fused-ring (bicyclic) bond motifs is 4. The fraction of sp³-hybridized carbons (Fsp3) is 0.379. The summed E-state index contributed by atoms with van der Waals surface area (Å²) >= 11 is 6.27. The van der Waals surface area contributed by atoms with E-state index in [0.717, 1.165) is 17.5 Å². The van der Waals surface area contributed by atoms with E-state index in [1.54, 1.807) is 6.07 Å². The highest BCUT2D eigenvalue weighted by molar-refractivity contribution is 6.31. The van der Waals surface area contributed by atoms with E-state index >= 15 is 0 Å². The Morgan fingerprint density at radius 2 is 1.98 bits per heavy atom. The number of hydrogen-bond acceptors (Lipinski definition) is 8. The first-order valence-electron chi connectivity index (χ1n) is 13.6. The Balaban J connectivity index is 0.00000101. The molecule has 0 aliphatic carbocycles. The lowest BCUT2D eigenvalue weighted by atomic mass is 9.97. The molecule has 13 heteroatoms. The van der Waals surface area contributed by atoms with E-state index in [4.69, 9.17) is 40.4 Å². The van der Waals surface area contributed by atoms with Crippen LogP contribution in [0.1, 0.15) is 38.1 Å². The lowest BCUT2D eigenvalue weighted by Crippen LogP contribution is -2.30. The monoisotopic (exact) mass is 599 g/mol. The zero-order chi connectivity index (χ0) is 29.4. The first-order chi connectivity index (χ1) is 20.4. The molecule has 2 aliphatic heterocycles. The molecule has 5 heterocycles. The molecule has 2 aromatic carbocycles. The van der Waals surface area contributed by atoms with Crippen molar-refractivity contribution in [1.29, 1.82) is 0 Å². The number of para-hydroxylation sites is 1. The molecule has 2 saturated heterocycles. The van der Waals surface area contributed by atoms with Gasteiger partial charge in [-0.25, -0.2) is 18.7 Å². The number of alkyl halides is 2. The average molecular weight is 600 g/mol. The fourth-order valence-corrected chi connectivity index (χ4v) is 5.94. The number of carboxylic acid groups (broad SMARTS) is 1. The number of halogens is 3.